The molecule has 2 heteroatoms. The zero-order chi connectivity index (χ0) is 39.1. The minimum Gasteiger partial charge on any atom is -0.151 e. The minimum atomic E-state index is 0.186. The number of rotatable bonds is 49. The number of hydrogen-bond donors (Lipinski definition) is 0. The van der Waals surface area contributed by atoms with Crippen LogP contribution in [-0.4, -0.2) is 6.54 Å². The van der Waals surface area contributed by atoms with Gasteiger partial charge in [0.2, 0.25) is 0 Å². The van der Waals surface area contributed by atoms with E-state index in [9.17, 15) is 4.91 Å². The summed E-state index contributed by atoms with van der Waals surface area (Å²) in [6.07, 6.45) is 66.1. The van der Waals surface area contributed by atoms with E-state index in [4.69, 9.17) is 0 Å². The van der Waals surface area contributed by atoms with Crippen LogP contribution in [0.15, 0.2) is 5.18 Å². The maximum absolute atomic E-state index is 11.8. The number of unbranched alkanes of at least 4 members (excludes halogenated alkanes) is 41. The predicted octanol–water partition coefficient (Wildman–Crippen LogP) is 20.1. The first-order chi connectivity index (χ1) is 26.7. The summed E-state index contributed by atoms with van der Waals surface area (Å²) in [5, 5.41) is 3.62. The molecule has 0 heterocycles. The maximum atomic E-state index is 11.8. The maximum Gasteiger partial charge on any atom is 0.0867 e. The molecule has 0 aromatic rings. The average molecular weight is 760 g/mol. The van der Waals surface area contributed by atoms with Crippen molar-refractivity contribution in [3.8, 4) is 0 Å². The zero-order valence-corrected chi connectivity index (χ0v) is 38.3. The lowest BCUT2D eigenvalue weighted by atomic mass is 9.74. The molecular weight excluding hydrogens is 655 g/mol. The van der Waals surface area contributed by atoms with E-state index in [0.717, 1.165) is 0 Å². The van der Waals surface area contributed by atoms with Gasteiger partial charge in [-0.05, 0) is 24.7 Å². The molecule has 0 spiro atoms. The van der Waals surface area contributed by atoms with Gasteiger partial charge in [0.15, 0.2) is 0 Å². The number of nitrogens with zero attached hydrogens (tertiary/aromatic N) is 1. The molecule has 0 amide bonds. The summed E-state index contributed by atoms with van der Waals surface area (Å²) in [6.45, 7) is 7.50. The van der Waals surface area contributed by atoms with Gasteiger partial charge in [-0.1, -0.05) is 308 Å². The summed E-state index contributed by atoms with van der Waals surface area (Å²) < 4.78 is 0. The Hall–Kier alpha value is -0.400. The van der Waals surface area contributed by atoms with Crippen LogP contribution in [0.3, 0.4) is 0 Å². The van der Waals surface area contributed by atoms with E-state index in [2.05, 4.69) is 25.9 Å². The lowest BCUT2D eigenvalue weighted by Crippen LogP contribution is -2.25. The second-order valence-electron chi connectivity index (χ2n) is 18.5. The van der Waals surface area contributed by atoms with Crippen LogP contribution in [0.1, 0.15) is 323 Å². The van der Waals surface area contributed by atoms with Gasteiger partial charge < -0.3 is 0 Å². The Labute approximate surface area is 343 Å². The summed E-state index contributed by atoms with van der Waals surface area (Å²) in [7, 11) is 0. The van der Waals surface area contributed by atoms with Gasteiger partial charge in [0.25, 0.3) is 0 Å². The summed E-state index contributed by atoms with van der Waals surface area (Å²) in [5.41, 5.74) is 0.186. The van der Waals surface area contributed by atoms with Crippen LogP contribution in [0, 0.1) is 10.3 Å². The summed E-state index contributed by atoms with van der Waals surface area (Å²) in [5.74, 6) is 0. The molecule has 54 heavy (non-hydrogen) atoms. The van der Waals surface area contributed by atoms with Gasteiger partial charge in [-0.25, -0.2) is 0 Å². The first-order valence-electron chi connectivity index (χ1n) is 26.0. The van der Waals surface area contributed by atoms with Crippen LogP contribution in [0.25, 0.3) is 0 Å². The van der Waals surface area contributed by atoms with Gasteiger partial charge in [0.1, 0.15) is 0 Å². The molecule has 0 rings (SSSR count). The van der Waals surface area contributed by atoms with Crippen LogP contribution in [0.4, 0.5) is 0 Å². The molecule has 0 atom stereocenters. The molecule has 2 nitrogen and oxygen atoms in total. The normalized spacial score (nSPS) is 11.9. The molecule has 0 aliphatic heterocycles. The lowest BCUT2D eigenvalue weighted by Gasteiger charge is -2.32. The Bertz CT molecular complexity index is 641. The van der Waals surface area contributed by atoms with Gasteiger partial charge in [-0.2, -0.15) is 4.91 Å². The standard InChI is InChI=1S/C52H105NO/c1-4-7-10-13-16-19-22-25-28-31-34-37-40-43-46-49-52(51-53-54,48-45-42-39-36-33-30-27-24-21-18-15-12-9-6-3)50-47-44-41-38-35-32-29-26-23-20-17-14-11-8-5-2/h4-51H2,1-3H3. The van der Waals surface area contributed by atoms with Gasteiger partial charge >= 0.3 is 0 Å². The fourth-order valence-electron chi connectivity index (χ4n) is 9.19. The highest BCUT2D eigenvalue weighted by molar-refractivity contribution is 4.82. The van der Waals surface area contributed by atoms with Crippen LogP contribution < -0.4 is 0 Å². The number of hydrogen-bond acceptors (Lipinski definition) is 2. The van der Waals surface area contributed by atoms with Crippen molar-refractivity contribution in [2.24, 2.45) is 10.6 Å². The van der Waals surface area contributed by atoms with Crippen molar-refractivity contribution in [1.29, 1.82) is 0 Å². The molecule has 0 N–H and O–H groups in total. The monoisotopic (exact) mass is 760 g/mol. The summed E-state index contributed by atoms with van der Waals surface area (Å²) in [6, 6.07) is 0. The molecule has 0 fully saturated rings. The molecule has 0 saturated carbocycles. The largest absolute Gasteiger partial charge is 0.151 e. The lowest BCUT2D eigenvalue weighted by molar-refractivity contribution is 0.204. The van der Waals surface area contributed by atoms with E-state index in [1.807, 2.05) is 0 Å². The Balaban J connectivity index is 4.32. The van der Waals surface area contributed by atoms with Crippen molar-refractivity contribution in [3.05, 3.63) is 4.91 Å². The molecule has 324 valence electrons. The van der Waals surface area contributed by atoms with E-state index >= 15 is 0 Å². The van der Waals surface area contributed by atoms with Crippen molar-refractivity contribution in [3.63, 3.8) is 0 Å². The van der Waals surface area contributed by atoms with Crippen LogP contribution in [-0.2, 0) is 0 Å². The molecule has 0 saturated heterocycles. The summed E-state index contributed by atoms with van der Waals surface area (Å²) in [4.78, 5) is 11.8. The SMILES string of the molecule is CCCCCCCCCCCCCCCCCC(CCCCCCCCCCCCCCCC)(CCCCCCCCCCCCCCCCC)CN=O. The third-order valence-corrected chi connectivity index (χ3v) is 13.1. The molecule has 0 aliphatic carbocycles. The third-order valence-electron chi connectivity index (χ3n) is 13.1. The van der Waals surface area contributed by atoms with Crippen molar-refractivity contribution in [2.75, 3.05) is 6.54 Å². The number of nitroso groups, excluding NO2 is 1. The van der Waals surface area contributed by atoms with Gasteiger partial charge in [-0.15, -0.1) is 0 Å². The highest BCUT2D eigenvalue weighted by atomic mass is 16.3. The van der Waals surface area contributed by atoms with E-state index in [1.54, 1.807) is 0 Å². The quantitative estimate of drug-likeness (QED) is 0.0449. The van der Waals surface area contributed by atoms with E-state index in [1.165, 1.54) is 302 Å². The molecular formula is C52H105NO. The smallest absolute Gasteiger partial charge is 0.0867 e. The van der Waals surface area contributed by atoms with Crippen molar-refractivity contribution in [2.45, 2.75) is 323 Å². The molecule has 0 radical (unpaired) electrons. The molecule has 0 aromatic carbocycles. The summed E-state index contributed by atoms with van der Waals surface area (Å²) >= 11 is 0. The highest BCUT2D eigenvalue weighted by Gasteiger charge is 2.29. The Morgan fingerprint density at radius 3 is 0.537 bits per heavy atom. The van der Waals surface area contributed by atoms with Crippen molar-refractivity contribution < 1.29 is 0 Å². The van der Waals surface area contributed by atoms with Gasteiger partial charge in [0.05, 0.1) is 6.54 Å². The average Bonchev–Trinajstić information content (AvgIpc) is 3.18. The fraction of sp³-hybridized carbons (Fsp3) is 1.00. The molecule has 0 aliphatic rings. The van der Waals surface area contributed by atoms with Crippen LogP contribution in [0.2, 0.25) is 0 Å². The van der Waals surface area contributed by atoms with Crippen LogP contribution in [0.5, 0.6) is 0 Å². The predicted molar refractivity (Wildman–Crippen MR) is 247 cm³/mol. The molecule has 0 aromatic heterocycles. The molecule has 0 unspecified atom stereocenters. The second-order valence-corrected chi connectivity index (χ2v) is 18.5. The first-order valence-corrected chi connectivity index (χ1v) is 26.0. The van der Waals surface area contributed by atoms with E-state index < -0.39 is 0 Å². The highest BCUT2D eigenvalue weighted by Crippen LogP contribution is 2.38. The van der Waals surface area contributed by atoms with E-state index in [-0.39, 0.29) is 5.41 Å². The first kappa shape index (κ1) is 53.6. The van der Waals surface area contributed by atoms with E-state index in [0.29, 0.717) is 6.54 Å². The zero-order valence-electron chi connectivity index (χ0n) is 38.3. The topological polar surface area (TPSA) is 29.4 Å². The fourth-order valence-corrected chi connectivity index (χ4v) is 9.19. The minimum absolute atomic E-state index is 0.186. The Morgan fingerprint density at radius 2 is 0.389 bits per heavy atom. The van der Waals surface area contributed by atoms with Crippen molar-refractivity contribution >= 4 is 0 Å². The van der Waals surface area contributed by atoms with Crippen molar-refractivity contribution in [1.82, 2.24) is 0 Å². The Kier molecular flexibility index (Phi) is 46.6. The van der Waals surface area contributed by atoms with Gasteiger partial charge in [-0.3, -0.25) is 0 Å². The molecule has 0 bridgehead atoms. The second kappa shape index (κ2) is 47.0. The third kappa shape index (κ3) is 41.2. The van der Waals surface area contributed by atoms with Gasteiger partial charge in [0, 0.05) is 0 Å². The Morgan fingerprint density at radius 1 is 0.241 bits per heavy atom. The van der Waals surface area contributed by atoms with Crippen LogP contribution >= 0.6 is 0 Å².